The second-order valence-corrected chi connectivity index (χ2v) is 25.2. The second-order valence-electron chi connectivity index (χ2n) is 22.7. The molecular weight excluding hydrogens is 1310 g/mol. The van der Waals surface area contributed by atoms with Crippen LogP contribution in [0.15, 0.2) is 0 Å². The van der Waals surface area contributed by atoms with Crippen molar-refractivity contribution in [3.8, 4) is 0 Å². The lowest BCUT2D eigenvalue weighted by molar-refractivity contribution is -0.272. The van der Waals surface area contributed by atoms with Crippen LogP contribution >= 0.6 is 6.72 Å². The van der Waals surface area contributed by atoms with Crippen LogP contribution in [0.1, 0.15) is 59.3 Å². The number of carbonyl (C=O) groups is 8. The number of nitrogens with zero attached hydrogens (tertiary/aromatic N) is 3. The van der Waals surface area contributed by atoms with Crippen molar-refractivity contribution in [2.24, 2.45) is 0 Å². The van der Waals surface area contributed by atoms with Crippen molar-refractivity contribution in [3.05, 3.63) is 0 Å². The van der Waals surface area contributed by atoms with Gasteiger partial charge in [0.25, 0.3) is 0 Å². The fourth-order valence-corrected chi connectivity index (χ4v) is 11.4. The van der Waals surface area contributed by atoms with Crippen LogP contribution in [0.2, 0.25) is 0 Å². The van der Waals surface area contributed by atoms with Gasteiger partial charge in [0, 0.05) is 79.4 Å². The Balaban J connectivity index is 1.35. The molecule has 4 heterocycles. The molecule has 0 aromatic carbocycles. The molecule has 4 saturated heterocycles. The van der Waals surface area contributed by atoms with Crippen molar-refractivity contribution < 1.29 is 141 Å². The van der Waals surface area contributed by atoms with Crippen LogP contribution in [-0.4, -0.2) is 356 Å². The Kier molecular flexibility index (Phi) is 38.3. The minimum absolute atomic E-state index is 0.00794. The predicted octanol–water partition coefficient (Wildman–Crippen LogP) is -10.5. The summed E-state index contributed by atoms with van der Waals surface area (Å²) in [5.74, 6) is -4.10. The monoisotopic (exact) mass is 1410 g/mol. The lowest BCUT2D eigenvalue weighted by Crippen LogP contribution is -2.64. The molecule has 4 aliphatic rings. The van der Waals surface area contributed by atoms with E-state index in [0.717, 1.165) is 0 Å². The Morgan fingerprint density at radius 1 is 0.526 bits per heavy atom. The first-order valence-corrected chi connectivity index (χ1v) is 33.8. The van der Waals surface area contributed by atoms with Crippen molar-refractivity contribution in [3.63, 3.8) is 0 Å². The predicted molar refractivity (Wildman–Crippen MR) is 324 cm³/mol. The minimum Gasteiger partial charge on any atom is -0.780 e. The number of rotatable bonds is 43. The van der Waals surface area contributed by atoms with E-state index in [0.29, 0.717) is 0 Å². The van der Waals surface area contributed by atoms with Gasteiger partial charge in [-0.1, -0.05) is 11.8 Å². The summed E-state index contributed by atoms with van der Waals surface area (Å²) in [6.07, 6.45) is -16.6. The van der Waals surface area contributed by atoms with E-state index in [-0.39, 0.29) is 163 Å². The van der Waals surface area contributed by atoms with Gasteiger partial charge in [0.05, 0.1) is 105 Å². The molecule has 4 aliphatic heterocycles. The molecule has 40 heteroatoms. The van der Waals surface area contributed by atoms with Crippen molar-refractivity contribution in [1.29, 1.82) is 0 Å². The summed E-state index contributed by atoms with van der Waals surface area (Å²) < 4.78 is 55.3. The largest absolute Gasteiger partial charge is 0.780 e. The molecule has 38 nitrogen and oxygen atoms in total. The van der Waals surface area contributed by atoms with E-state index in [1.165, 1.54) is 30.6 Å². The first-order chi connectivity index (χ1) is 45.2. The number of nitrogens with one attached hydrogen (secondary N) is 6. The molecule has 4 rings (SSSR count). The van der Waals surface area contributed by atoms with Crippen LogP contribution in [0.4, 0.5) is 0 Å². The maximum absolute atomic E-state index is 13.9. The molecule has 16 unspecified atom stereocenters. The zero-order valence-corrected chi connectivity index (χ0v) is 55.2. The van der Waals surface area contributed by atoms with E-state index in [9.17, 15) is 94.1 Å². The SMILES string of the molecule is CC(=O)NC1C(OCCOCCNC(=O)CN(CCCN(CC(=O)NCCOCCOC2OC(CO)C(O)C(O)C2NC(C)=O)C(=O)CCCC(=O)N2CCC(OP([O-])(O)=S)CC2)CC(=O)NCCOCCOC2OC(CO)C(O)C(O)C2NC(C)=O)OC(CO)C(O)C1O. The standard InChI is InChI=1S/C55H98N9O29PS/c1-32(68)59-44-50(79)47(76)36(29-65)90-53(44)87-23-20-84-17-10-56-39(71)26-62(27-40(72)57-11-18-85-21-24-88-54-45(60-33(2)69)51(80)48(77)37(30-66)91-54)13-5-14-64(43(75)7-4-6-42(74)63-15-8-35(9-16-63)93-94(82,83)95)28-41(73)58-12-19-86-22-25-89-55-46(61-34(3)70)52(81)49(78)38(31-67)92-55/h35-38,44-55,65-67,76-81H,4-31H2,1-3H3,(H,56,71)(H,57,72)(H,58,73)(H,59,68)(H,60,69)(H,61,70)(H2,82,83,95)/p-1. The van der Waals surface area contributed by atoms with Crippen LogP contribution in [0.3, 0.4) is 0 Å². The van der Waals surface area contributed by atoms with Gasteiger partial charge in [0.15, 0.2) is 18.9 Å². The number of aliphatic hydroxyl groups is 9. The van der Waals surface area contributed by atoms with Gasteiger partial charge in [0.2, 0.25) is 47.3 Å². The van der Waals surface area contributed by atoms with Crippen LogP contribution in [-0.2, 0) is 97.3 Å². The van der Waals surface area contributed by atoms with Crippen molar-refractivity contribution in [1.82, 2.24) is 46.6 Å². The second kappa shape index (κ2) is 43.8. The molecule has 0 spiro atoms. The summed E-state index contributed by atoms with van der Waals surface area (Å²) in [5.41, 5.74) is 0. The average molecular weight is 1410 g/mol. The molecule has 16 atom stereocenters. The Labute approximate surface area is 554 Å². The van der Waals surface area contributed by atoms with E-state index in [4.69, 9.17) is 47.2 Å². The van der Waals surface area contributed by atoms with Crippen molar-refractivity contribution >= 4 is 65.8 Å². The number of ether oxygens (including phenoxy) is 9. The third kappa shape index (κ3) is 30.3. The molecule has 0 bridgehead atoms. The normalized spacial score (nSPS) is 27.8. The molecule has 8 amide bonds. The number of carbonyl (C=O) groups excluding carboxylic acids is 8. The van der Waals surface area contributed by atoms with Gasteiger partial charge in [-0.3, -0.25) is 43.3 Å². The highest BCUT2D eigenvalue weighted by atomic mass is 32.5. The Bertz CT molecular complexity index is 2330. The Morgan fingerprint density at radius 3 is 1.24 bits per heavy atom. The molecule has 548 valence electrons. The Morgan fingerprint density at radius 2 is 0.895 bits per heavy atom. The zero-order valence-electron chi connectivity index (χ0n) is 53.5. The summed E-state index contributed by atoms with van der Waals surface area (Å²) in [6, 6.07) is -3.52. The first-order valence-electron chi connectivity index (χ1n) is 31.2. The smallest absolute Gasteiger partial charge is 0.239 e. The third-order valence-corrected chi connectivity index (χ3v) is 16.0. The van der Waals surface area contributed by atoms with Gasteiger partial charge in [0.1, 0.15) is 79.8 Å². The summed E-state index contributed by atoms with van der Waals surface area (Å²) in [6.45, 7) is -4.14. The van der Waals surface area contributed by atoms with Gasteiger partial charge in [-0.2, -0.15) is 0 Å². The van der Waals surface area contributed by atoms with Gasteiger partial charge >= 0.3 is 0 Å². The minimum atomic E-state index is -4.16. The number of likely N-dealkylation sites (tertiary alicyclic amines) is 1. The number of aliphatic hydroxyl groups excluding tert-OH is 9. The van der Waals surface area contributed by atoms with Crippen molar-refractivity contribution in [2.75, 3.05) is 145 Å². The lowest BCUT2D eigenvalue weighted by atomic mass is 9.97. The number of piperidine rings is 1. The van der Waals surface area contributed by atoms with Crippen LogP contribution < -0.4 is 36.8 Å². The summed E-state index contributed by atoms with van der Waals surface area (Å²) >= 11 is 4.46. The highest BCUT2D eigenvalue weighted by Crippen LogP contribution is 2.36. The van der Waals surface area contributed by atoms with E-state index in [1.807, 2.05) is 0 Å². The summed E-state index contributed by atoms with van der Waals surface area (Å²) in [4.78, 5) is 128. The average Bonchev–Trinajstić information content (AvgIpc) is 0.882. The van der Waals surface area contributed by atoms with Crippen molar-refractivity contribution in [2.45, 2.75) is 157 Å². The molecule has 0 aromatic heterocycles. The maximum Gasteiger partial charge on any atom is 0.239 e. The van der Waals surface area contributed by atoms with Gasteiger partial charge in [-0.15, -0.1) is 0 Å². The highest BCUT2D eigenvalue weighted by molar-refractivity contribution is 8.06. The topological polar surface area (TPSA) is 536 Å². The molecule has 0 aliphatic carbocycles. The first kappa shape index (κ1) is 83.0. The summed E-state index contributed by atoms with van der Waals surface area (Å²) in [7, 11) is 0. The number of hydrogen-bond acceptors (Lipinski definition) is 30. The molecule has 0 saturated carbocycles. The highest BCUT2D eigenvalue weighted by Gasteiger charge is 2.48. The van der Waals surface area contributed by atoms with Crippen LogP contribution in [0.5, 0.6) is 0 Å². The van der Waals surface area contributed by atoms with Crippen LogP contribution in [0.25, 0.3) is 0 Å². The third-order valence-electron chi connectivity index (χ3n) is 15.2. The maximum atomic E-state index is 13.9. The lowest BCUT2D eigenvalue weighted by Gasteiger charge is -2.42. The molecule has 16 N–H and O–H groups in total. The Hall–Kier alpha value is -4.47. The summed E-state index contributed by atoms with van der Waals surface area (Å²) in [5, 5.41) is 107. The van der Waals surface area contributed by atoms with E-state index >= 15 is 0 Å². The zero-order chi connectivity index (χ0) is 70.2. The van der Waals surface area contributed by atoms with Gasteiger partial charge in [-0.05, 0) is 25.7 Å². The fraction of sp³-hybridized carbons (Fsp3) is 0.855. The van der Waals surface area contributed by atoms with Gasteiger partial charge < -0.3 is 145 Å². The van der Waals surface area contributed by atoms with E-state index in [2.05, 4.69) is 43.7 Å². The van der Waals surface area contributed by atoms with E-state index < -0.39 is 172 Å². The number of amides is 8. The molecule has 0 radical (unpaired) electrons. The van der Waals surface area contributed by atoms with E-state index in [1.54, 1.807) is 4.90 Å². The molecule has 95 heavy (non-hydrogen) atoms. The van der Waals surface area contributed by atoms with Gasteiger partial charge in [-0.25, -0.2) is 0 Å². The quantitative estimate of drug-likeness (QED) is 0.0199. The van der Waals surface area contributed by atoms with Crippen LogP contribution in [0, 0.1) is 0 Å². The molecular formula is C55H97N9O29PS-. The molecule has 0 aromatic rings. The number of hydrogen-bond donors (Lipinski definition) is 16. The molecule has 4 fully saturated rings. The fourth-order valence-electron chi connectivity index (χ4n) is 10.4.